The molecule has 142 valence electrons. The predicted octanol–water partition coefficient (Wildman–Crippen LogP) is 4.12. The quantitative estimate of drug-likeness (QED) is 0.451. The van der Waals surface area contributed by atoms with Gasteiger partial charge in [0.25, 0.3) is 5.69 Å². The lowest BCUT2D eigenvalue weighted by atomic mass is 9.97. The van der Waals surface area contributed by atoms with Crippen LogP contribution in [0.2, 0.25) is 0 Å². The molecule has 0 fully saturated rings. The molecule has 0 amide bonds. The summed E-state index contributed by atoms with van der Waals surface area (Å²) < 4.78 is 5.55. The molecule has 0 bridgehead atoms. The lowest BCUT2D eigenvalue weighted by molar-refractivity contribution is -0.384. The van der Waals surface area contributed by atoms with Gasteiger partial charge in [-0.3, -0.25) is 14.9 Å². The van der Waals surface area contributed by atoms with Crippen LogP contribution >= 0.6 is 0 Å². The number of fused-ring (bicyclic) bond motifs is 1. The van der Waals surface area contributed by atoms with Gasteiger partial charge in [-0.25, -0.2) is 0 Å². The lowest BCUT2D eigenvalue weighted by Gasteiger charge is -2.28. The van der Waals surface area contributed by atoms with Crippen LogP contribution in [0.5, 0.6) is 0 Å². The number of benzene rings is 2. The maximum atomic E-state index is 12.2. The molecule has 0 aliphatic carbocycles. The summed E-state index contributed by atoms with van der Waals surface area (Å²) in [7, 11) is 0. The minimum absolute atomic E-state index is 0.0477. The summed E-state index contributed by atoms with van der Waals surface area (Å²) in [6.07, 6.45) is 0.612. The van der Waals surface area contributed by atoms with Gasteiger partial charge in [-0.1, -0.05) is 30.3 Å². The van der Waals surface area contributed by atoms with Gasteiger partial charge in [-0.2, -0.15) is 0 Å². The maximum absolute atomic E-state index is 12.2. The number of carbonyl (C=O) groups is 1. The number of hydrogen-bond donors (Lipinski definition) is 0. The van der Waals surface area contributed by atoms with Gasteiger partial charge in [0.1, 0.15) is 6.61 Å². The molecular weight excluding hydrogens is 344 g/mol. The Kier molecular flexibility index (Phi) is 5.17. The zero-order valence-electron chi connectivity index (χ0n) is 15.8. The molecule has 1 atom stereocenters. The minimum Gasteiger partial charge on any atom is -0.463 e. The molecule has 3 rings (SSSR count). The zero-order chi connectivity index (χ0) is 19.6. The van der Waals surface area contributed by atoms with Crippen molar-refractivity contribution in [2.75, 3.05) is 11.5 Å². The molecule has 0 N–H and O–H groups in total. The van der Waals surface area contributed by atoms with E-state index in [1.807, 2.05) is 51.1 Å². The highest BCUT2D eigenvalue weighted by atomic mass is 16.6. The molecule has 0 saturated carbocycles. The molecule has 0 aromatic heterocycles. The van der Waals surface area contributed by atoms with E-state index in [0.29, 0.717) is 13.0 Å². The first kappa shape index (κ1) is 18.9. The summed E-state index contributed by atoms with van der Waals surface area (Å²) >= 11 is 0. The summed E-state index contributed by atoms with van der Waals surface area (Å²) in [5.74, 6) is -0.246. The number of nitrogens with zero attached hydrogens (tertiary/aromatic N) is 2. The van der Waals surface area contributed by atoms with Crippen molar-refractivity contribution in [2.24, 2.45) is 5.41 Å². The molecule has 2 aromatic carbocycles. The van der Waals surface area contributed by atoms with Gasteiger partial charge in [0.05, 0.1) is 16.4 Å². The van der Waals surface area contributed by atoms with Gasteiger partial charge in [0.15, 0.2) is 0 Å². The molecular formula is C21H24N2O4. The first-order chi connectivity index (χ1) is 12.8. The summed E-state index contributed by atoms with van der Waals surface area (Å²) in [4.78, 5) is 25.1. The fourth-order valence-electron chi connectivity index (χ4n) is 3.22. The number of non-ortho nitro benzene ring substituents is 1. The summed E-state index contributed by atoms with van der Waals surface area (Å²) in [6, 6.07) is 14.9. The van der Waals surface area contributed by atoms with Gasteiger partial charge in [0.2, 0.25) is 0 Å². The van der Waals surface area contributed by atoms with E-state index in [9.17, 15) is 14.9 Å². The van der Waals surface area contributed by atoms with Crippen LogP contribution in [0.3, 0.4) is 0 Å². The average molecular weight is 368 g/mol. The normalized spacial score (nSPS) is 16.1. The highest BCUT2D eigenvalue weighted by molar-refractivity contribution is 5.75. The Bertz CT molecular complexity index is 843. The predicted molar refractivity (Wildman–Crippen MR) is 104 cm³/mol. The van der Waals surface area contributed by atoms with E-state index in [4.69, 9.17) is 4.74 Å². The van der Waals surface area contributed by atoms with Crippen LogP contribution in [0.1, 0.15) is 31.9 Å². The van der Waals surface area contributed by atoms with Crippen LogP contribution in [0.15, 0.2) is 48.5 Å². The summed E-state index contributed by atoms with van der Waals surface area (Å²) in [6.45, 7) is 6.38. The van der Waals surface area contributed by atoms with E-state index in [2.05, 4.69) is 4.90 Å². The van der Waals surface area contributed by atoms with Gasteiger partial charge >= 0.3 is 5.97 Å². The van der Waals surface area contributed by atoms with E-state index in [1.165, 1.54) is 6.07 Å². The fourth-order valence-corrected chi connectivity index (χ4v) is 3.22. The van der Waals surface area contributed by atoms with Crippen molar-refractivity contribution >= 4 is 17.3 Å². The van der Waals surface area contributed by atoms with Crippen molar-refractivity contribution in [3.05, 3.63) is 69.8 Å². The SMILES string of the molecule is CC(C)(C)C(=O)OCC1Cc2cc([N+](=O)[O-])ccc2N1Cc1ccccc1. The number of rotatable bonds is 5. The second-order valence-corrected chi connectivity index (χ2v) is 7.89. The number of carbonyl (C=O) groups excluding carboxylic acids is 1. The van der Waals surface area contributed by atoms with Crippen molar-refractivity contribution in [1.82, 2.24) is 0 Å². The Hall–Kier alpha value is -2.89. The average Bonchev–Trinajstić information content (AvgIpc) is 2.96. The van der Waals surface area contributed by atoms with Crippen molar-refractivity contribution in [3.8, 4) is 0 Å². The fraction of sp³-hybridized carbons (Fsp3) is 0.381. The van der Waals surface area contributed by atoms with Gasteiger partial charge in [-0.05, 0) is 44.4 Å². The van der Waals surface area contributed by atoms with Crippen molar-refractivity contribution < 1.29 is 14.5 Å². The third-order valence-electron chi connectivity index (χ3n) is 4.69. The van der Waals surface area contributed by atoms with Crippen LogP contribution in [0, 0.1) is 15.5 Å². The molecule has 0 radical (unpaired) electrons. The van der Waals surface area contributed by atoms with Crippen LogP contribution in [-0.4, -0.2) is 23.5 Å². The second kappa shape index (κ2) is 7.39. The molecule has 1 unspecified atom stereocenters. The van der Waals surface area contributed by atoms with E-state index >= 15 is 0 Å². The molecule has 6 heteroatoms. The van der Waals surface area contributed by atoms with Gasteiger partial charge in [-0.15, -0.1) is 0 Å². The monoisotopic (exact) mass is 368 g/mol. The number of nitro groups is 1. The third-order valence-corrected chi connectivity index (χ3v) is 4.69. The molecule has 1 aliphatic heterocycles. The Morgan fingerprint density at radius 3 is 2.56 bits per heavy atom. The largest absolute Gasteiger partial charge is 0.463 e. The van der Waals surface area contributed by atoms with Crippen molar-refractivity contribution in [3.63, 3.8) is 0 Å². The van der Waals surface area contributed by atoms with E-state index in [0.717, 1.165) is 16.8 Å². The van der Waals surface area contributed by atoms with Crippen LogP contribution in [0.25, 0.3) is 0 Å². The summed E-state index contributed by atoms with van der Waals surface area (Å²) in [5, 5.41) is 11.1. The first-order valence-corrected chi connectivity index (χ1v) is 9.01. The zero-order valence-corrected chi connectivity index (χ0v) is 15.8. The van der Waals surface area contributed by atoms with E-state index in [-0.39, 0.29) is 29.2 Å². The molecule has 6 nitrogen and oxygen atoms in total. The van der Waals surface area contributed by atoms with E-state index < -0.39 is 5.41 Å². The highest BCUT2D eigenvalue weighted by Gasteiger charge is 2.33. The smallest absolute Gasteiger partial charge is 0.311 e. The number of esters is 1. The van der Waals surface area contributed by atoms with Gasteiger partial charge in [0, 0.05) is 24.4 Å². The van der Waals surface area contributed by atoms with Crippen molar-refractivity contribution in [1.29, 1.82) is 0 Å². The Labute approximate surface area is 158 Å². The molecule has 0 spiro atoms. The Balaban J connectivity index is 1.84. The number of hydrogen-bond acceptors (Lipinski definition) is 5. The minimum atomic E-state index is -0.561. The number of anilines is 1. The molecule has 27 heavy (non-hydrogen) atoms. The number of ether oxygens (including phenoxy) is 1. The molecule has 0 saturated heterocycles. The molecule has 1 aliphatic rings. The molecule has 1 heterocycles. The third kappa shape index (κ3) is 4.27. The number of nitro benzene ring substituents is 1. The Morgan fingerprint density at radius 1 is 1.22 bits per heavy atom. The second-order valence-electron chi connectivity index (χ2n) is 7.89. The standard InChI is InChI=1S/C21H24N2O4/c1-21(2,3)20(24)27-14-18-12-16-11-17(23(25)26)9-10-19(16)22(18)13-15-7-5-4-6-8-15/h4-11,18H,12-14H2,1-3H3. The maximum Gasteiger partial charge on any atom is 0.311 e. The van der Waals surface area contributed by atoms with Crippen LogP contribution in [0.4, 0.5) is 11.4 Å². The molecule has 2 aromatic rings. The van der Waals surface area contributed by atoms with Crippen LogP contribution < -0.4 is 4.90 Å². The van der Waals surface area contributed by atoms with Gasteiger partial charge < -0.3 is 9.64 Å². The lowest BCUT2D eigenvalue weighted by Crippen LogP contribution is -2.37. The van der Waals surface area contributed by atoms with Crippen LogP contribution in [-0.2, 0) is 22.5 Å². The Morgan fingerprint density at radius 2 is 1.93 bits per heavy atom. The highest BCUT2D eigenvalue weighted by Crippen LogP contribution is 2.36. The summed E-state index contributed by atoms with van der Waals surface area (Å²) in [5.41, 5.74) is 2.53. The van der Waals surface area contributed by atoms with Crippen molar-refractivity contribution in [2.45, 2.75) is 39.8 Å². The van der Waals surface area contributed by atoms with E-state index in [1.54, 1.807) is 12.1 Å². The first-order valence-electron chi connectivity index (χ1n) is 9.01. The topological polar surface area (TPSA) is 72.7 Å².